The van der Waals surface area contributed by atoms with Gasteiger partial charge in [0.05, 0.1) is 24.2 Å². The van der Waals surface area contributed by atoms with Gasteiger partial charge in [-0.25, -0.2) is 4.68 Å². The van der Waals surface area contributed by atoms with Crippen LogP contribution >= 0.6 is 0 Å². The normalized spacial score (nSPS) is 16.6. The topological polar surface area (TPSA) is 88.9 Å². The SMILES string of the molecule is CCC[C@H](c1nnnn1C[C@H]1CCCO1)N(CCc1ccccc1)Cc1cc2cccc(C)c2[nH]c1=O. The lowest BCUT2D eigenvalue weighted by Crippen LogP contribution is -2.35. The molecular formula is C29H36N6O2. The lowest BCUT2D eigenvalue weighted by atomic mass is 10.0. The molecule has 0 amide bonds. The van der Waals surface area contributed by atoms with Gasteiger partial charge in [0.25, 0.3) is 5.56 Å². The third-order valence-electron chi connectivity index (χ3n) is 7.33. The first-order valence-corrected chi connectivity index (χ1v) is 13.4. The second-order valence-electron chi connectivity index (χ2n) is 10.0. The molecule has 1 fully saturated rings. The maximum absolute atomic E-state index is 13.2. The van der Waals surface area contributed by atoms with Gasteiger partial charge >= 0.3 is 0 Å². The fourth-order valence-electron chi connectivity index (χ4n) is 5.34. The molecule has 0 bridgehead atoms. The maximum Gasteiger partial charge on any atom is 0.252 e. The molecule has 5 rings (SSSR count). The fourth-order valence-corrected chi connectivity index (χ4v) is 5.34. The van der Waals surface area contributed by atoms with Crippen LogP contribution in [0.5, 0.6) is 0 Å². The van der Waals surface area contributed by atoms with Crippen LogP contribution in [0.25, 0.3) is 10.9 Å². The highest BCUT2D eigenvalue weighted by atomic mass is 16.5. The van der Waals surface area contributed by atoms with Crippen LogP contribution in [0, 0.1) is 6.92 Å². The van der Waals surface area contributed by atoms with Crippen LogP contribution in [-0.2, 0) is 24.2 Å². The number of tetrazole rings is 1. The number of para-hydroxylation sites is 1. The first-order valence-electron chi connectivity index (χ1n) is 13.4. The summed E-state index contributed by atoms with van der Waals surface area (Å²) in [6.45, 7) is 6.96. The summed E-state index contributed by atoms with van der Waals surface area (Å²) in [6.07, 6.45) is 5.00. The molecule has 0 saturated carbocycles. The molecule has 1 aliphatic heterocycles. The molecule has 194 valence electrons. The molecule has 4 aromatic rings. The highest BCUT2D eigenvalue weighted by molar-refractivity contribution is 5.81. The van der Waals surface area contributed by atoms with Crippen molar-refractivity contribution in [1.29, 1.82) is 0 Å². The van der Waals surface area contributed by atoms with Crippen LogP contribution in [0.4, 0.5) is 0 Å². The van der Waals surface area contributed by atoms with E-state index < -0.39 is 0 Å². The third-order valence-corrected chi connectivity index (χ3v) is 7.33. The minimum absolute atomic E-state index is 0.0160. The number of aromatic nitrogens is 5. The van der Waals surface area contributed by atoms with Crippen LogP contribution in [0.1, 0.15) is 61.2 Å². The predicted octanol–water partition coefficient (Wildman–Crippen LogP) is 4.59. The number of hydrogen-bond acceptors (Lipinski definition) is 6. The summed E-state index contributed by atoms with van der Waals surface area (Å²) in [5, 5.41) is 13.9. The van der Waals surface area contributed by atoms with Crippen molar-refractivity contribution in [3.05, 3.63) is 87.5 Å². The Balaban J connectivity index is 1.48. The van der Waals surface area contributed by atoms with Crippen molar-refractivity contribution >= 4 is 10.9 Å². The van der Waals surface area contributed by atoms with Gasteiger partial charge < -0.3 is 9.72 Å². The van der Waals surface area contributed by atoms with E-state index in [1.165, 1.54) is 5.56 Å². The van der Waals surface area contributed by atoms with Crippen molar-refractivity contribution in [2.75, 3.05) is 13.2 Å². The van der Waals surface area contributed by atoms with Crippen LogP contribution in [0.2, 0.25) is 0 Å². The van der Waals surface area contributed by atoms with E-state index in [9.17, 15) is 4.79 Å². The van der Waals surface area contributed by atoms with Crippen LogP contribution in [0.15, 0.2) is 59.4 Å². The highest BCUT2D eigenvalue weighted by Crippen LogP contribution is 2.27. The quantitative estimate of drug-likeness (QED) is 0.324. The minimum atomic E-state index is -0.0410. The Kier molecular flexibility index (Phi) is 8.06. The van der Waals surface area contributed by atoms with E-state index in [1.807, 2.05) is 35.9 Å². The molecule has 8 nitrogen and oxygen atoms in total. The van der Waals surface area contributed by atoms with Crippen molar-refractivity contribution in [2.45, 2.75) is 71.2 Å². The monoisotopic (exact) mass is 500 g/mol. The highest BCUT2D eigenvalue weighted by Gasteiger charge is 2.28. The van der Waals surface area contributed by atoms with E-state index in [4.69, 9.17) is 4.74 Å². The summed E-state index contributed by atoms with van der Waals surface area (Å²) in [5.41, 5.74) is 3.95. The van der Waals surface area contributed by atoms with Gasteiger partial charge in [-0.05, 0) is 65.6 Å². The van der Waals surface area contributed by atoms with E-state index in [2.05, 4.69) is 62.7 Å². The Hall–Kier alpha value is -3.36. The molecule has 3 heterocycles. The zero-order valence-corrected chi connectivity index (χ0v) is 21.8. The van der Waals surface area contributed by atoms with Crippen molar-refractivity contribution in [3.63, 3.8) is 0 Å². The lowest BCUT2D eigenvalue weighted by Gasteiger charge is -2.31. The Labute approximate surface area is 217 Å². The van der Waals surface area contributed by atoms with E-state index in [-0.39, 0.29) is 17.7 Å². The summed E-state index contributed by atoms with van der Waals surface area (Å²) >= 11 is 0. The summed E-state index contributed by atoms with van der Waals surface area (Å²) in [6, 6.07) is 18.6. The second-order valence-corrected chi connectivity index (χ2v) is 10.0. The fraction of sp³-hybridized carbons (Fsp3) is 0.448. The number of hydrogen-bond donors (Lipinski definition) is 1. The number of nitrogens with zero attached hydrogens (tertiary/aromatic N) is 5. The summed E-state index contributed by atoms with van der Waals surface area (Å²) < 4.78 is 7.79. The van der Waals surface area contributed by atoms with Gasteiger partial charge in [-0.15, -0.1) is 5.10 Å². The standard InChI is InChI=1S/C29H36N6O2/c1-3-9-26(28-31-32-33-35(28)20-25-14-8-17-37-25)34(16-15-22-11-5-4-6-12-22)19-24-18-23-13-7-10-21(2)27(23)30-29(24)36/h4-7,10-13,18,25-26H,3,8-9,14-17,19-20H2,1-2H3,(H,30,36)/t25-,26-/m1/s1. The molecule has 2 aromatic carbocycles. The largest absolute Gasteiger partial charge is 0.376 e. The van der Waals surface area contributed by atoms with Crippen molar-refractivity contribution in [2.24, 2.45) is 0 Å². The van der Waals surface area contributed by atoms with Crippen LogP contribution in [0.3, 0.4) is 0 Å². The molecule has 1 N–H and O–H groups in total. The van der Waals surface area contributed by atoms with Crippen molar-refractivity contribution < 1.29 is 4.74 Å². The number of H-pyrrole nitrogens is 1. The zero-order chi connectivity index (χ0) is 25.6. The maximum atomic E-state index is 13.2. The number of pyridine rings is 1. The third kappa shape index (κ3) is 5.97. The van der Waals surface area contributed by atoms with E-state index in [1.54, 1.807) is 0 Å². The van der Waals surface area contributed by atoms with Crippen molar-refractivity contribution in [1.82, 2.24) is 30.1 Å². The lowest BCUT2D eigenvalue weighted by molar-refractivity contribution is 0.0890. The van der Waals surface area contributed by atoms with Crippen LogP contribution in [-0.4, -0.2) is 49.3 Å². The van der Waals surface area contributed by atoms with Gasteiger partial charge in [-0.1, -0.05) is 61.9 Å². The molecule has 0 unspecified atom stereocenters. The minimum Gasteiger partial charge on any atom is -0.376 e. The molecule has 0 radical (unpaired) electrons. The average molecular weight is 501 g/mol. The Morgan fingerprint density at radius 2 is 2.05 bits per heavy atom. The van der Waals surface area contributed by atoms with Crippen molar-refractivity contribution in [3.8, 4) is 0 Å². The smallest absolute Gasteiger partial charge is 0.252 e. The number of aryl methyl sites for hydroxylation is 1. The van der Waals surface area contributed by atoms with E-state index >= 15 is 0 Å². The molecule has 2 atom stereocenters. The first kappa shape index (κ1) is 25.3. The number of aromatic amines is 1. The molecule has 1 aliphatic rings. The predicted molar refractivity (Wildman–Crippen MR) is 144 cm³/mol. The number of ether oxygens (including phenoxy) is 1. The van der Waals surface area contributed by atoms with E-state index in [0.717, 1.165) is 73.1 Å². The zero-order valence-electron chi connectivity index (χ0n) is 21.8. The number of fused-ring (bicyclic) bond motifs is 1. The summed E-state index contributed by atoms with van der Waals surface area (Å²) in [4.78, 5) is 18.7. The van der Waals surface area contributed by atoms with Gasteiger partial charge in [-0.3, -0.25) is 9.69 Å². The Morgan fingerprint density at radius 1 is 1.19 bits per heavy atom. The van der Waals surface area contributed by atoms with Gasteiger partial charge in [-0.2, -0.15) is 0 Å². The van der Waals surface area contributed by atoms with E-state index in [0.29, 0.717) is 13.1 Å². The second kappa shape index (κ2) is 11.8. The first-order chi connectivity index (χ1) is 18.1. The van der Waals surface area contributed by atoms with Gasteiger partial charge in [0.2, 0.25) is 0 Å². The molecular weight excluding hydrogens is 464 g/mol. The average Bonchev–Trinajstić information content (AvgIpc) is 3.59. The summed E-state index contributed by atoms with van der Waals surface area (Å²) in [5.74, 6) is 0.846. The number of rotatable bonds is 11. The molecule has 2 aromatic heterocycles. The van der Waals surface area contributed by atoms with Crippen LogP contribution < -0.4 is 5.56 Å². The van der Waals surface area contributed by atoms with Gasteiger partial charge in [0.1, 0.15) is 0 Å². The molecule has 37 heavy (non-hydrogen) atoms. The van der Waals surface area contributed by atoms with Gasteiger partial charge in [0, 0.05) is 25.3 Å². The molecule has 0 aliphatic carbocycles. The number of benzene rings is 2. The molecule has 8 heteroatoms. The molecule has 1 saturated heterocycles. The Morgan fingerprint density at radius 3 is 2.84 bits per heavy atom. The summed E-state index contributed by atoms with van der Waals surface area (Å²) in [7, 11) is 0. The Bertz CT molecular complexity index is 1360. The van der Waals surface area contributed by atoms with Gasteiger partial charge in [0.15, 0.2) is 5.82 Å². The number of nitrogens with one attached hydrogen (secondary N) is 1. The molecule has 0 spiro atoms.